The second-order valence-corrected chi connectivity index (χ2v) is 8.45. The van der Waals surface area contributed by atoms with Crippen LogP contribution in [-0.4, -0.2) is 61.3 Å². The summed E-state index contributed by atoms with van der Waals surface area (Å²) in [5, 5.41) is 3.36. The summed E-state index contributed by atoms with van der Waals surface area (Å²) < 4.78 is 40.9. The Morgan fingerprint density at radius 2 is 1.86 bits per heavy atom. The maximum absolute atomic E-state index is 12.4. The van der Waals surface area contributed by atoms with E-state index in [9.17, 15) is 18.0 Å². The molecule has 0 spiro atoms. The number of nitrogens with zero attached hydrogens (tertiary/aromatic N) is 2. The summed E-state index contributed by atoms with van der Waals surface area (Å²) in [7, 11) is 0. The largest absolute Gasteiger partial charge is 0.573 e. The van der Waals surface area contributed by atoms with Gasteiger partial charge in [0.25, 0.3) is 0 Å². The van der Waals surface area contributed by atoms with E-state index in [0.29, 0.717) is 30.8 Å². The van der Waals surface area contributed by atoms with Gasteiger partial charge in [-0.3, -0.25) is 9.69 Å². The van der Waals surface area contributed by atoms with Gasteiger partial charge < -0.3 is 15.0 Å². The van der Waals surface area contributed by atoms with Crippen LogP contribution in [0.1, 0.15) is 24.8 Å². The first-order chi connectivity index (χ1) is 13.9. The number of carbonyl (C=O) groups is 1. The van der Waals surface area contributed by atoms with Crippen molar-refractivity contribution in [3.63, 3.8) is 0 Å². The van der Waals surface area contributed by atoms with Crippen molar-refractivity contribution in [3.8, 4) is 5.75 Å². The lowest BCUT2D eigenvalue weighted by molar-refractivity contribution is -0.274. The van der Waals surface area contributed by atoms with Crippen LogP contribution in [0, 0.1) is 17.8 Å². The molecule has 2 atom stereocenters. The number of benzene rings is 1. The predicted molar refractivity (Wildman–Crippen MR) is 102 cm³/mol. The number of hydrogen-bond donors (Lipinski definition) is 1. The summed E-state index contributed by atoms with van der Waals surface area (Å²) in [6.07, 6.45) is -1.20. The quantitative estimate of drug-likeness (QED) is 0.750. The second-order valence-electron chi connectivity index (χ2n) is 8.45. The minimum Gasteiger partial charge on any atom is -0.406 e. The molecule has 2 unspecified atom stereocenters. The van der Waals surface area contributed by atoms with Crippen molar-refractivity contribution < 1.29 is 22.7 Å². The Morgan fingerprint density at radius 3 is 2.55 bits per heavy atom. The summed E-state index contributed by atoms with van der Waals surface area (Å²) in [4.78, 5) is 16.7. The third-order valence-electron chi connectivity index (χ3n) is 6.36. The Morgan fingerprint density at radius 1 is 1.14 bits per heavy atom. The van der Waals surface area contributed by atoms with Gasteiger partial charge in [-0.1, -0.05) is 12.1 Å². The molecule has 2 aliphatic heterocycles. The molecular weight excluding hydrogens is 383 g/mol. The van der Waals surface area contributed by atoms with Gasteiger partial charge in [0, 0.05) is 32.7 Å². The topological polar surface area (TPSA) is 44.8 Å². The number of likely N-dealkylation sites (tertiary alicyclic amines) is 2. The number of halogens is 3. The van der Waals surface area contributed by atoms with Crippen LogP contribution in [0.3, 0.4) is 0 Å². The molecule has 4 rings (SSSR count). The Kier molecular flexibility index (Phi) is 6.01. The standard InChI is InChI=1S/C21H28F3N3O2/c22-21(23,24)29-16-6-4-5-15(9-16)10-25-11-17-18-12-26(13-19(17)18)14-20(28)27-7-2-1-3-8-27/h4-6,9,17-19,25H,1-3,7-8,10-14H2. The zero-order valence-electron chi connectivity index (χ0n) is 16.5. The normalized spacial score (nSPS) is 27.0. The molecular formula is C21H28F3N3O2. The molecule has 1 aliphatic carbocycles. The number of hydrogen-bond acceptors (Lipinski definition) is 4. The fourth-order valence-corrected chi connectivity index (χ4v) is 4.84. The van der Waals surface area contributed by atoms with Gasteiger partial charge in [-0.25, -0.2) is 0 Å². The molecule has 1 N–H and O–H groups in total. The van der Waals surface area contributed by atoms with Crippen LogP contribution in [0.4, 0.5) is 13.2 Å². The van der Waals surface area contributed by atoms with E-state index < -0.39 is 6.36 Å². The van der Waals surface area contributed by atoms with Crippen LogP contribution in [-0.2, 0) is 11.3 Å². The lowest BCUT2D eigenvalue weighted by atomic mass is 10.1. The number of alkyl halides is 3. The van der Waals surface area contributed by atoms with Gasteiger partial charge in [-0.2, -0.15) is 0 Å². The van der Waals surface area contributed by atoms with Gasteiger partial charge in [-0.05, 0) is 61.3 Å². The van der Waals surface area contributed by atoms with Crippen molar-refractivity contribution in [2.24, 2.45) is 17.8 Å². The molecule has 8 heteroatoms. The van der Waals surface area contributed by atoms with E-state index >= 15 is 0 Å². The third kappa shape index (κ3) is 5.42. The van der Waals surface area contributed by atoms with Crippen LogP contribution in [0.2, 0.25) is 0 Å². The zero-order valence-corrected chi connectivity index (χ0v) is 16.5. The fraction of sp³-hybridized carbons (Fsp3) is 0.667. The number of fused-ring (bicyclic) bond motifs is 1. The first-order valence-corrected chi connectivity index (χ1v) is 10.4. The molecule has 0 bridgehead atoms. The van der Waals surface area contributed by atoms with E-state index in [2.05, 4.69) is 15.0 Å². The van der Waals surface area contributed by atoms with Gasteiger partial charge in [0.2, 0.25) is 5.91 Å². The molecule has 3 aliphatic rings. The van der Waals surface area contributed by atoms with Gasteiger partial charge in [-0.15, -0.1) is 13.2 Å². The molecule has 1 aromatic rings. The van der Waals surface area contributed by atoms with E-state index in [1.807, 2.05) is 4.90 Å². The van der Waals surface area contributed by atoms with Crippen molar-refractivity contribution in [1.82, 2.24) is 15.1 Å². The molecule has 3 fully saturated rings. The highest BCUT2D eigenvalue weighted by Gasteiger charge is 2.55. The van der Waals surface area contributed by atoms with Crippen molar-refractivity contribution in [1.29, 1.82) is 0 Å². The van der Waals surface area contributed by atoms with Crippen LogP contribution >= 0.6 is 0 Å². The first kappa shape index (κ1) is 20.5. The highest BCUT2D eigenvalue weighted by atomic mass is 19.4. The molecule has 0 aromatic heterocycles. The average Bonchev–Trinajstić information content (AvgIpc) is 3.12. The number of ether oxygens (including phenoxy) is 1. The molecule has 0 radical (unpaired) electrons. The Balaban J connectivity index is 1.15. The van der Waals surface area contributed by atoms with Crippen LogP contribution < -0.4 is 10.1 Å². The summed E-state index contributed by atoms with van der Waals surface area (Å²) in [5.74, 6) is 1.95. The molecule has 1 amide bonds. The number of rotatable bonds is 7. The fourth-order valence-electron chi connectivity index (χ4n) is 4.84. The maximum atomic E-state index is 12.4. The highest BCUT2D eigenvalue weighted by Crippen LogP contribution is 2.51. The number of nitrogens with one attached hydrogen (secondary N) is 1. The summed E-state index contributed by atoms with van der Waals surface area (Å²) in [5.41, 5.74) is 0.770. The van der Waals surface area contributed by atoms with Gasteiger partial charge >= 0.3 is 6.36 Å². The Bertz CT molecular complexity index is 709. The average molecular weight is 411 g/mol. The van der Waals surface area contributed by atoms with Gasteiger partial charge in [0.1, 0.15) is 5.75 Å². The van der Waals surface area contributed by atoms with E-state index in [1.165, 1.54) is 18.6 Å². The number of piperidine rings is 2. The summed E-state index contributed by atoms with van der Waals surface area (Å²) in [6, 6.07) is 6.09. The monoisotopic (exact) mass is 411 g/mol. The van der Waals surface area contributed by atoms with Crippen molar-refractivity contribution in [2.75, 3.05) is 39.3 Å². The van der Waals surface area contributed by atoms with E-state index in [-0.39, 0.29) is 11.7 Å². The van der Waals surface area contributed by atoms with Gasteiger partial charge in [0.15, 0.2) is 0 Å². The summed E-state index contributed by atoms with van der Waals surface area (Å²) >= 11 is 0. The molecule has 160 valence electrons. The van der Waals surface area contributed by atoms with E-state index in [1.54, 1.807) is 12.1 Å². The Hall–Kier alpha value is -1.80. The lowest BCUT2D eigenvalue weighted by Gasteiger charge is -2.29. The molecule has 2 heterocycles. The minimum atomic E-state index is -4.67. The number of amides is 1. The first-order valence-electron chi connectivity index (χ1n) is 10.4. The van der Waals surface area contributed by atoms with Crippen LogP contribution in [0.25, 0.3) is 0 Å². The highest BCUT2D eigenvalue weighted by molar-refractivity contribution is 5.78. The lowest BCUT2D eigenvalue weighted by Crippen LogP contribution is -2.43. The molecule has 2 saturated heterocycles. The van der Waals surface area contributed by atoms with E-state index in [0.717, 1.165) is 51.1 Å². The Labute approximate surface area is 169 Å². The molecule has 1 aromatic carbocycles. The predicted octanol–water partition coefficient (Wildman–Crippen LogP) is 2.87. The maximum Gasteiger partial charge on any atom is 0.573 e. The van der Waals surface area contributed by atoms with Crippen LogP contribution in [0.15, 0.2) is 24.3 Å². The summed E-state index contributed by atoms with van der Waals surface area (Å²) in [6.45, 7) is 5.68. The van der Waals surface area contributed by atoms with Crippen molar-refractivity contribution >= 4 is 5.91 Å². The second kappa shape index (κ2) is 8.52. The molecule has 5 nitrogen and oxygen atoms in total. The number of carbonyl (C=O) groups excluding carboxylic acids is 1. The van der Waals surface area contributed by atoms with E-state index in [4.69, 9.17) is 0 Å². The third-order valence-corrected chi connectivity index (χ3v) is 6.36. The van der Waals surface area contributed by atoms with Crippen molar-refractivity contribution in [2.45, 2.75) is 32.2 Å². The smallest absolute Gasteiger partial charge is 0.406 e. The molecule has 1 saturated carbocycles. The zero-order chi connectivity index (χ0) is 20.4. The van der Waals surface area contributed by atoms with Crippen LogP contribution in [0.5, 0.6) is 5.75 Å². The van der Waals surface area contributed by atoms with Crippen molar-refractivity contribution in [3.05, 3.63) is 29.8 Å². The molecule has 29 heavy (non-hydrogen) atoms. The SMILES string of the molecule is O=C(CN1CC2C(CNCc3cccc(OC(F)(F)F)c3)C2C1)N1CCCCC1. The van der Waals surface area contributed by atoms with Gasteiger partial charge in [0.05, 0.1) is 6.54 Å². The minimum absolute atomic E-state index is 0.186.